The van der Waals surface area contributed by atoms with E-state index in [0.29, 0.717) is 0 Å². The number of sulfone groups is 1. The number of aromatic nitrogens is 1. The smallest absolute Gasteiger partial charge is 0.335 e. The van der Waals surface area contributed by atoms with E-state index in [1.165, 1.54) is 0 Å². The normalized spacial score (nSPS) is 11.2. The van der Waals surface area contributed by atoms with Crippen molar-refractivity contribution < 1.29 is 23.4 Å². The van der Waals surface area contributed by atoms with Crippen LogP contribution in [0.4, 0.5) is 0 Å². The third-order valence-corrected chi connectivity index (χ3v) is 4.66. The lowest BCUT2D eigenvalue weighted by Crippen LogP contribution is -2.12. The third-order valence-electron chi connectivity index (χ3n) is 2.95. The maximum Gasteiger partial charge on any atom is 0.335 e. The summed E-state index contributed by atoms with van der Waals surface area (Å²) in [5.41, 5.74) is 0.271. The predicted octanol–water partition coefficient (Wildman–Crippen LogP) is 0.870. The summed E-state index contributed by atoms with van der Waals surface area (Å²) in [6, 6.07) is 6.42. The molecule has 0 saturated carbocycles. The van der Waals surface area contributed by atoms with Crippen molar-refractivity contribution in [2.45, 2.75) is 11.3 Å². The molecule has 110 valence electrons. The number of aromatic carboxylic acids is 1. The molecule has 1 aromatic heterocycles. The summed E-state index contributed by atoms with van der Waals surface area (Å²) in [6.07, 6.45) is 3.42. The second-order valence-corrected chi connectivity index (χ2v) is 6.50. The predicted molar refractivity (Wildman–Crippen MR) is 72.8 cm³/mol. The van der Waals surface area contributed by atoms with Gasteiger partial charge >= 0.3 is 5.97 Å². The Morgan fingerprint density at radius 1 is 1.19 bits per heavy atom. The molecule has 0 atom stereocenters. The Kier molecular flexibility index (Phi) is 4.23. The van der Waals surface area contributed by atoms with Crippen LogP contribution in [0, 0.1) is 0 Å². The first kappa shape index (κ1) is 15.0. The fraction of sp³-hybridized carbons (Fsp3) is 0.143. The molecule has 2 aromatic rings. The van der Waals surface area contributed by atoms with Crippen LogP contribution in [-0.4, -0.2) is 30.2 Å². The van der Waals surface area contributed by atoms with Crippen LogP contribution in [-0.2, 0) is 16.3 Å². The molecule has 0 saturated heterocycles. The number of carboxylic acid groups (broad SMARTS) is 1. The molecule has 2 rings (SSSR count). The van der Waals surface area contributed by atoms with Crippen molar-refractivity contribution in [1.29, 1.82) is 0 Å². The summed E-state index contributed by atoms with van der Waals surface area (Å²) in [5.74, 6) is -2.32. The SMILES string of the molecule is O=C(O)c1cc(S(=O)(=O)CCc2ccncc2)ccc1[O-]. The maximum atomic E-state index is 12.2. The molecule has 1 aromatic carbocycles. The van der Waals surface area contributed by atoms with Crippen LogP contribution in [0.3, 0.4) is 0 Å². The highest BCUT2D eigenvalue weighted by Gasteiger charge is 2.17. The van der Waals surface area contributed by atoms with Gasteiger partial charge in [0.1, 0.15) is 0 Å². The van der Waals surface area contributed by atoms with Crippen LogP contribution >= 0.6 is 0 Å². The number of pyridine rings is 1. The van der Waals surface area contributed by atoms with Gasteiger partial charge in [-0.05, 0) is 36.2 Å². The zero-order valence-electron chi connectivity index (χ0n) is 10.9. The molecule has 1 heterocycles. The summed E-state index contributed by atoms with van der Waals surface area (Å²) < 4.78 is 24.4. The van der Waals surface area contributed by atoms with E-state index < -0.39 is 27.1 Å². The van der Waals surface area contributed by atoms with Crippen LogP contribution in [0.1, 0.15) is 15.9 Å². The van der Waals surface area contributed by atoms with E-state index in [1.807, 2.05) is 0 Å². The van der Waals surface area contributed by atoms with E-state index >= 15 is 0 Å². The van der Waals surface area contributed by atoms with Crippen molar-refractivity contribution in [3.8, 4) is 5.75 Å². The molecule has 7 heteroatoms. The summed E-state index contributed by atoms with van der Waals surface area (Å²) in [7, 11) is -3.65. The van der Waals surface area contributed by atoms with Crippen LogP contribution in [0.2, 0.25) is 0 Å². The van der Waals surface area contributed by atoms with Crippen molar-refractivity contribution in [3.63, 3.8) is 0 Å². The van der Waals surface area contributed by atoms with Gasteiger partial charge in [-0.25, -0.2) is 13.2 Å². The Labute approximate surface area is 121 Å². The van der Waals surface area contributed by atoms with Gasteiger partial charge in [-0.3, -0.25) is 4.98 Å². The van der Waals surface area contributed by atoms with Gasteiger partial charge in [0, 0.05) is 12.4 Å². The second-order valence-electron chi connectivity index (χ2n) is 4.39. The van der Waals surface area contributed by atoms with E-state index in [9.17, 15) is 18.3 Å². The lowest BCUT2D eigenvalue weighted by Gasteiger charge is -2.12. The van der Waals surface area contributed by atoms with Gasteiger partial charge in [-0.2, -0.15) is 0 Å². The molecule has 0 bridgehead atoms. The number of benzene rings is 1. The fourth-order valence-electron chi connectivity index (χ4n) is 1.79. The van der Waals surface area contributed by atoms with Gasteiger partial charge in [-0.15, -0.1) is 0 Å². The zero-order chi connectivity index (χ0) is 15.5. The van der Waals surface area contributed by atoms with Crippen LogP contribution in [0.15, 0.2) is 47.6 Å². The molecular weight excluding hydrogens is 294 g/mol. The average molecular weight is 306 g/mol. The Morgan fingerprint density at radius 3 is 2.48 bits per heavy atom. The first-order valence-corrected chi connectivity index (χ1v) is 7.71. The van der Waals surface area contributed by atoms with Gasteiger partial charge in [0.15, 0.2) is 9.84 Å². The average Bonchev–Trinajstić information content (AvgIpc) is 2.46. The fourth-order valence-corrected chi connectivity index (χ4v) is 3.10. The molecule has 21 heavy (non-hydrogen) atoms. The van der Waals surface area contributed by atoms with Crippen molar-refractivity contribution in [1.82, 2.24) is 4.98 Å². The number of carbonyl (C=O) groups is 1. The van der Waals surface area contributed by atoms with Crippen LogP contribution in [0.25, 0.3) is 0 Å². The van der Waals surface area contributed by atoms with Crippen molar-refractivity contribution in [2.24, 2.45) is 0 Å². The van der Waals surface area contributed by atoms with Crippen LogP contribution < -0.4 is 5.11 Å². The summed E-state index contributed by atoms with van der Waals surface area (Å²) >= 11 is 0. The summed E-state index contributed by atoms with van der Waals surface area (Å²) in [6.45, 7) is 0. The molecular formula is C14H12NO5S-. The van der Waals surface area contributed by atoms with Crippen molar-refractivity contribution in [3.05, 3.63) is 53.9 Å². The Bertz CT molecular complexity index is 756. The molecule has 0 aliphatic heterocycles. The summed E-state index contributed by atoms with van der Waals surface area (Å²) in [5, 5.41) is 20.2. The van der Waals surface area contributed by atoms with E-state index in [-0.39, 0.29) is 17.1 Å². The molecule has 0 amide bonds. The molecule has 6 nitrogen and oxygen atoms in total. The molecule has 0 aliphatic rings. The molecule has 0 fully saturated rings. The van der Waals surface area contributed by atoms with Gasteiger partial charge in [0.05, 0.1) is 16.2 Å². The van der Waals surface area contributed by atoms with Gasteiger partial charge < -0.3 is 10.2 Å². The minimum Gasteiger partial charge on any atom is -0.872 e. The van der Waals surface area contributed by atoms with E-state index in [1.54, 1.807) is 24.5 Å². The van der Waals surface area contributed by atoms with E-state index in [4.69, 9.17) is 5.11 Å². The topological polar surface area (TPSA) is 107 Å². The minimum atomic E-state index is -3.65. The molecule has 0 spiro atoms. The maximum absolute atomic E-state index is 12.2. The Balaban J connectivity index is 2.24. The lowest BCUT2D eigenvalue weighted by molar-refractivity contribution is -0.268. The van der Waals surface area contributed by atoms with Gasteiger partial charge in [0.25, 0.3) is 0 Å². The standard InChI is InChI=1S/C14H13NO5S/c16-13-2-1-11(9-12(13)14(17)18)21(19,20)8-5-10-3-6-15-7-4-10/h1-4,6-7,9,16H,5,8H2,(H,17,18)/p-1. The number of rotatable bonds is 5. The van der Waals surface area contributed by atoms with E-state index in [2.05, 4.69) is 4.98 Å². The van der Waals surface area contributed by atoms with Gasteiger partial charge in [0.2, 0.25) is 0 Å². The van der Waals surface area contributed by atoms with Crippen molar-refractivity contribution >= 4 is 15.8 Å². The first-order chi connectivity index (χ1) is 9.90. The minimum absolute atomic E-state index is 0.159. The molecule has 1 N–H and O–H groups in total. The van der Waals surface area contributed by atoms with Crippen molar-refractivity contribution in [2.75, 3.05) is 5.75 Å². The lowest BCUT2D eigenvalue weighted by atomic mass is 10.2. The van der Waals surface area contributed by atoms with Gasteiger partial charge in [-0.1, -0.05) is 11.8 Å². The molecule has 0 radical (unpaired) electrons. The number of carboxylic acids is 1. The highest BCUT2D eigenvalue weighted by molar-refractivity contribution is 7.91. The highest BCUT2D eigenvalue weighted by atomic mass is 32.2. The largest absolute Gasteiger partial charge is 0.872 e. The van der Waals surface area contributed by atoms with E-state index in [0.717, 1.165) is 23.8 Å². The van der Waals surface area contributed by atoms with Crippen LogP contribution in [0.5, 0.6) is 5.75 Å². The highest BCUT2D eigenvalue weighted by Crippen LogP contribution is 2.20. The zero-order valence-corrected chi connectivity index (χ0v) is 11.7. The quantitative estimate of drug-likeness (QED) is 0.878. The number of aryl methyl sites for hydroxylation is 1. The molecule has 0 unspecified atom stereocenters. The number of hydrogen-bond donors (Lipinski definition) is 1. The monoisotopic (exact) mass is 306 g/mol. The second kappa shape index (κ2) is 5.92. The Morgan fingerprint density at radius 2 is 1.86 bits per heavy atom. The third kappa shape index (κ3) is 3.57. The first-order valence-electron chi connectivity index (χ1n) is 6.06. The summed E-state index contributed by atoms with van der Waals surface area (Å²) in [4.78, 5) is 14.6. The number of hydrogen-bond acceptors (Lipinski definition) is 5. The molecule has 0 aliphatic carbocycles. The Hall–Kier alpha value is -2.41. The number of nitrogens with zero attached hydrogens (tertiary/aromatic N) is 1.